The van der Waals surface area contributed by atoms with Crippen LogP contribution in [0.3, 0.4) is 0 Å². The summed E-state index contributed by atoms with van der Waals surface area (Å²) in [5.74, 6) is 0.727. The van der Waals surface area contributed by atoms with Crippen LogP contribution in [0.1, 0.15) is 49.7 Å². The molecule has 0 heterocycles. The van der Waals surface area contributed by atoms with Crippen LogP contribution >= 0.6 is 0 Å². The fraction of sp³-hybridized carbons (Fsp3) is 0.625. The molecule has 1 saturated carbocycles. The highest BCUT2D eigenvalue weighted by atomic mass is 16.7. The third-order valence-electron chi connectivity index (χ3n) is 4.20. The van der Waals surface area contributed by atoms with Crippen molar-refractivity contribution in [2.75, 3.05) is 14.2 Å². The zero-order valence-electron chi connectivity index (χ0n) is 12.1. The molecule has 3 heteroatoms. The highest BCUT2D eigenvalue weighted by Gasteiger charge is 2.28. The van der Waals surface area contributed by atoms with Gasteiger partial charge in [-0.2, -0.15) is 0 Å². The van der Waals surface area contributed by atoms with Crippen LogP contribution < -0.4 is 0 Å². The maximum absolute atomic E-state index is 10.6. The number of hydrogen-bond donors (Lipinski definition) is 1. The predicted molar refractivity (Wildman–Crippen MR) is 75.0 cm³/mol. The molecule has 1 aliphatic rings. The van der Waals surface area contributed by atoms with E-state index in [1.165, 1.54) is 24.8 Å². The lowest BCUT2D eigenvalue weighted by Crippen LogP contribution is -2.29. The molecule has 1 atom stereocenters. The van der Waals surface area contributed by atoms with Gasteiger partial charge >= 0.3 is 0 Å². The van der Waals surface area contributed by atoms with Gasteiger partial charge in [0.25, 0.3) is 0 Å². The molecule has 1 aliphatic carbocycles. The Bertz CT molecular complexity index is 389. The van der Waals surface area contributed by atoms with E-state index in [0.29, 0.717) is 6.42 Å². The number of benzene rings is 1. The lowest BCUT2D eigenvalue weighted by Gasteiger charge is -2.29. The van der Waals surface area contributed by atoms with Crippen molar-refractivity contribution >= 4 is 0 Å². The predicted octanol–water partition coefficient (Wildman–Crippen LogP) is 3.17. The van der Waals surface area contributed by atoms with Crippen molar-refractivity contribution in [3.8, 4) is 0 Å². The molecule has 0 aliphatic heterocycles. The van der Waals surface area contributed by atoms with Crippen LogP contribution in [0, 0.1) is 0 Å². The van der Waals surface area contributed by atoms with Gasteiger partial charge in [-0.1, -0.05) is 30.7 Å². The maximum Gasteiger partial charge on any atom is 0.159 e. The molecule has 0 bridgehead atoms. The fourth-order valence-electron chi connectivity index (χ4n) is 2.56. The van der Waals surface area contributed by atoms with Crippen molar-refractivity contribution < 1.29 is 14.6 Å². The summed E-state index contributed by atoms with van der Waals surface area (Å²) in [7, 11) is 3.17. The Morgan fingerprint density at radius 3 is 2.21 bits per heavy atom. The molecule has 19 heavy (non-hydrogen) atoms. The van der Waals surface area contributed by atoms with Crippen LogP contribution in [0.5, 0.6) is 0 Å². The van der Waals surface area contributed by atoms with Gasteiger partial charge in [-0.05, 0) is 36.8 Å². The van der Waals surface area contributed by atoms with Crippen molar-refractivity contribution in [1.29, 1.82) is 0 Å². The van der Waals surface area contributed by atoms with Crippen LogP contribution in [0.4, 0.5) is 0 Å². The molecule has 1 aromatic carbocycles. The van der Waals surface area contributed by atoms with Crippen molar-refractivity contribution in [2.45, 2.75) is 50.4 Å². The van der Waals surface area contributed by atoms with Gasteiger partial charge in [-0.3, -0.25) is 0 Å². The molecular formula is C16H24O3. The quantitative estimate of drug-likeness (QED) is 0.802. The van der Waals surface area contributed by atoms with E-state index < -0.39 is 5.60 Å². The van der Waals surface area contributed by atoms with Crippen molar-refractivity contribution in [1.82, 2.24) is 0 Å². The zero-order valence-corrected chi connectivity index (χ0v) is 12.1. The van der Waals surface area contributed by atoms with Gasteiger partial charge in [-0.15, -0.1) is 0 Å². The summed E-state index contributed by atoms with van der Waals surface area (Å²) in [6, 6.07) is 8.33. The third-order valence-corrected chi connectivity index (χ3v) is 4.20. The van der Waals surface area contributed by atoms with Gasteiger partial charge in [0.2, 0.25) is 0 Å². The molecular weight excluding hydrogens is 240 g/mol. The van der Waals surface area contributed by atoms with Crippen LogP contribution in [-0.4, -0.2) is 25.6 Å². The summed E-state index contributed by atoms with van der Waals surface area (Å²) in [5.41, 5.74) is 1.37. The summed E-state index contributed by atoms with van der Waals surface area (Å²) in [5, 5.41) is 10.6. The lowest BCUT2D eigenvalue weighted by atomic mass is 9.79. The maximum atomic E-state index is 10.6. The van der Waals surface area contributed by atoms with Crippen LogP contribution in [0.15, 0.2) is 24.3 Å². The molecule has 0 aromatic heterocycles. The summed E-state index contributed by atoms with van der Waals surface area (Å²) in [6.07, 6.45) is 3.97. The summed E-state index contributed by atoms with van der Waals surface area (Å²) in [6.45, 7) is 1.80. The SMILES string of the molecule is COC(CC(C)(O)c1ccc(C2CCC2)cc1)OC. The standard InChI is InChI=1S/C16H24O3/c1-16(17,11-15(18-2)19-3)14-9-7-13(8-10-14)12-5-4-6-12/h7-10,12,15,17H,4-6,11H2,1-3H3. The first-order valence-electron chi connectivity index (χ1n) is 6.95. The molecule has 1 fully saturated rings. The molecule has 0 spiro atoms. The number of methoxy groups -OCH3 is 2. The first-order chi connectivity index (χ1) is 9.06. The minimum absolute atomic E-state index is 0.388. The van der Waals surface area contributed by atoms with E-state index in [9.17, 15) is 5.11 Å². The third kappa shape index (κ3) is 3.35. The number of hydrogen-bond acceptors (Lipinski definition) is 3. The topological polar surface area (TPSA) is 38.7 Å². The highest BCUT2D eigenvalue weighted by Crippen LogP contribution is 2.37. The Morgan fingerprint density at radius 2 is 1.79 bits per heavy atom. The number of aliphatic hydroxyl groups is 1. The highest BCUT2D eigenvalue weighted by molar-refractivity contribution is 5.29. The minimum Gasteiger partial charge on any atom is -0.385 e. The Balaban J connectivity index is 2.06. The van der Waals surface area contributed by atoms with Crippen molar-refractivity contribution in [2.24, 2.45) is 0 Å². The van der Waals surface area contributed by atoms with Crippen LogP contribution in [-0.2, 0) is 15.1 Å². The smallest absolute Gasteiger partial charge is 0.159 e. The normalized spacial score (nSPS) is 19.2. The molecule has 0 radical (unpaired) electrons. The molecule has 1 aromatic rings. The van der Waals surface area contributed by atoms with Gasteiger partial charge in [-0.25, -0.2) is 0 Å². The van der Waals surface area contributed by atoms with E-state index in [1.54, 1.807) is 21.1 Å². The van der Waals surface area contributed by atoms with Crippen molar-refractivity contribution in [3.63, 3.8) is 0 Å². The number of rotatable bonds is 6. The van der Waals surface area contributed by atoms with E-state index in [2.05, 4.69) is 12.1 Å². The lowest BCUT2D eigenvalue weighted by molar-refractivity contribution is -0.142. The molecule has 1 N–H and O–H groups in total. The number of ether oxygens (including phenoxy) is 2. The molecule has 0 amide bonds. The first kappa shape index (κ1) is 14.5. The zero-order chi connectivity index (χ0) is 13.9. The second kappa shape index (κ2) is 6.04. The fourth-order valence-corrected chi connectivity index (χ4v) is 2.56. The molecule has 3 nitrogen and oxygen atoms in total. The summed E-state index contributed by atoms with van der Waals surface area (Å²) in [4.78, 5) is 0. The van der Waals surface area contributed by atoms with Gasteiger partial charge in [0.1, 0.15) is 0 Å². The first-order valence-corrected chi connectivity index (χ1v) is 6.95. The average molecular weight is 264 g/mol. The van der Waals surface area contributed by atoms with Crippen molar-refractivity contribution in [3.05, 3.63) is 35.4 Å². The van der Waals surface area contributed by atoms with E-state index >= 15 is 0 Å². The monoisotopic (exact) mass is 264 g/mol. The Hall–Kier alpha value is -0.900. The van der Waals surface area contributed by atoms with E-state index in [-0.39, 0.29) is 6.29 Å². The Labute approximate surface area is 115 Å². The van der Waals surface area contributed by atoms with E-state index in [1.807, 2.05) is 12.1 Å². The molecule has 0 saturated heterocycles. The largest absolute Gasteiger partial charge is 0.385 e. The van der Waals surface area contributed by atoms with Gasteiger partial charge in [0, 0.05) is 20.6 Å². The Morgan fingerprint density at radius 1 is 1.21 bits per heavy atom. The molecule has 2 rings (SSSR count). The van der Waals surface area contributed by atoms with E-state index in [0.717, 1.165) is 11.5 Å². The summed E-state index contributed by atoms with van der Waals surface area (Å²) < 4.78 is 10.3. The molecule has 106 valence electrons. The van der Waals surface area contributed by atoms with E-state index in [4.69, 9.17) is 9.47 Å². The van der Waals surface area contributed by atoms with Crippen LogP contribution in [0.25, 0.3) is 0 Å². The second-order valence-corrected chi connectivity index (χ2v) is 5.63. The Kier molecular flexibility index (Phi) is 4.61. The van der Waals surface area contributed by atoms with Gasteiger partial charge in [0.05, 0.1) is 5.60 Å². The van der Waals surface area contributed by atoms with Gasteiger partial charge in [0.15, 0.2) is 6.29 Å². The second-order valence-electron chi connectivity index (χ2n) is 5.63. The minimum atomic E-state index is -0.936. The average Bonchev–Trinajstić information content (AvgIpc) is 2.34. The molecule has 1 unspecified atom stereocenters. The van der Waals surface area contributed by atoms with Crippen LogP contribution in [0.2, 0.25) is 0 Å². The summed E-state index contributed by atoms with van der Waals surface area (Å²) >= 11 is 0. The van der Waals surface area contributed by atoms with Gasteiger partial charge < -0.3 is 14.6 Å².